The number of nitrogens with two attached hydrogens (primary N) is 2. The number of rotatable bonds is 1. The molecule has 1 heterocycles. The molecule has 0 aliphatic rings. The second kappa shape index (κ2) is 4.24. The summed E-state index contributed by atoms with van der Waals surface area (Å²) in [5, 5.41) is 0.853. The summed E-state index contributed by atoms with van der Waals surface area (Å²) in [5.41, 5.74) is 15.8. The molecule has 0 bridgehead atoms. The molecule has 0 fully saturated rings. The van der Waals surface area contributed by atoms with E-state index in [-0.39, 0.29) is 5.95 Å². The molecular weight excluding hydrogens is 236 g/mol. The minimum absolute atomic E-state index is 0.201. The van der Waals surface area contributed by atoms with Crippen LogP contribution in [0.3, 0.4) is 0 Å². The molecule has 3 aromatic rings. The molecule has 0 unspecified atom stereocenters. The maximum Gasteiger partial charge on any atom is 0.222 e. The van der Waals surface area contributed by atoms with E-state index in [0.717, 1.165) is 22.0 Å². The zero-order chi connectivity index (χ0) is 13.4. The van der Waals surface area contributed by atoms with Crippen LogP contribution in [-0.4, -0.2) is 9.97 Å². The largest absolute Gasteiger partial charge is 0.383 e. The number of anilines is 2. The Morgan fingerprint density at radius 1 is 0.842 bits per heavy atom. The minimum Gasteiger partial charge on any atom is -0.383 e. The van der Waals surface area contributed by atoms with E-state index in [0.29, 0.717) is 5.82 Å². The molecule has 94 valence electrons. The van der Waals surface area contributed by atoms with Gasteiger partial charge in [-0.2, -0.15) is 4.98 Å². The second-order valence-electron chi connectivity index (χ2n) is 4.48. The molecule has 19 heavy (non-hydrogen) atoms. The number of hydrogen-bond acceptors (Lipinski definition) is 4. The molecule has 4 N–H and O–H groups in total. The van der Waals surface area contributed by atoms with Crippen LogP contribution in [0.15, 0.2) is 42.5 Å². The van der Waals surface area contributed by atoms with Crippen LogP contribution in [0.2, 0.25) is 0 Å². The highest BCUT2D eigenvalue weighted by molar-refractivity contribution is 6.02. The van der Waals surface area contributed by atoms with Gasteiger partial charge in [-0.3, -0.25) is 0 Å². The molecule has 0 atom stereocenters. The van der Waals surface area contributed by atoms with Crippen molar-refractivity contribution in [2.75, 3.05) is 11.5 Å². The van der Waals surface area contributed by atoms with Crippen LogP contribution in [-0.2, 0) is 0 Å². The monoisotopic (exact) mass is 250 g/mol. The highest BCUT2D eigenvalue weighted by Gasteiger charge is 2.11. The lowest BCUT2D eigenvalue weighted by Gasteiger charge is -2.11. The summed E-state index contributed by atoms with van der Waals surface area (Å²) < 4.78 is 0. The molecule has 4 heteroatoms. The van der Waals surface area contributed by atoms with Crippen molar-refractivity contribution in [1.29, 1.82) is 0 Å². The van der Waals surface area contributed by atoms with Crippen LogP contribution in [0.4, 0.5) is 11.8 Å². The van der Waals surface area contributed by atoms with Gasteiger partial charge in [-0.25, -0.2) is 4.98 Å². The smallest absolute Gasteiger partial charge is 0.222 e. The van der Waals surface area contributed by atoms with Gasteiger partial charge in [0.15, 0.2) is 0 Å². The molecule has 3 rings (SSSR count). The summed E-state index contributed by atoms with van der Waals surface area (Å²) in [6.45, 7) is 2.07. The lowest BCUT2D eigenvalue weighted by atomic mass is 9.97. The number of aryl methyl sites for hydroxylation is 1. The zero-order valence-electron chi connectivity index (χ0n) is 10.6. The third-order valence-electron chi connectivity index (χ3n) is 3.20. The highest BCUT2D eigenvalue weighted by atomic mass is 15.0. The first-order chi connectivity index (χ1) is 9.16. The fourth-order valence-electron chi connectivity index (χ4n) is 2.33. The molecule has 4 nitrogen and oxygen atoms in total. The fourth-order valence-corrected chi connectivity index (χ4v) is 2.33. The summed E-state index contributed by atoms with van der Waals surface area (Å²) in [6.07, 6.45) is 0. The Hall–Kier alpha value is -2.62. The predicted octanol–water partition coefficient (Wildman–Crippen LogP) is 2.77. The summed E-state index contributed by atoms with van der Waals surface area (Å²) in [6, 6.07) is 14.0. The number of benzene rings is 2. The van der Waals surface area contributed by atoms with Crippen molar-refractivity contribution >= 4 is 22.7 Å². The van der Waals surface area contributed by atoms with Crippen molar-refractivity contribution < 1.29 is 0 Å². The van der Waals surface area contributed by atoms with Gasteiger partial charge in [-0.15, -0.1) is 0 Å². The third kappa shape index (κ3) is 1.87. The fraction of sp³-hybridized carbons (Fsp3) is 0.0667. The number of nitrogen functional groups attached to an aromatic ring is 2. The van der Waals surface area contributed by atoms with Crippen molar-refractivity contribution in [3.8, 4) is 11.1 Å². The molecular formula is C15H14N4. The standard InChI is InChI=1S/C15H14N4/c1-9-5-2-3-6-10(9)11-7-4-8-12-13(11)14(16)19-15(17)18-12/h2-8H,1H3,(H4,16,17,18,19). The molecule has 0 spiro atoms. The SMILES string of the molecule is Cc1ccccc1-c1cccc2nc(N)nc(N)c12. The Kier molecular flexibility index (Phi) is 2.56. The van der Waals surface area contributed by atoms with Gasteiger partial charge in [0, 0.05) is 0 Å². The molecule has 0 aliphatic heterocycles. The van der Waals surface area contributed by atoms with Gasteiger partial charge >= 0.3 is 0 Å². The van der Waals surface area contributed by atoms with Crippen molar-refractivity contribution in [3.63, 3.8) is 0 Å². The quantitative estimate of drug-likeness (QED) is 0.696. The summed E-state index contributed by atoms with van der Waals surface area (Å²) in [7, 11) is 0. The summed E-state index contributed by atoms with van der Waals surface area (Å²) in [4.78, 5) is 8.30. The Balaban J connectivity index is 2.40. The van der Waals surface area contributed by atoms with Crippen LogP contribution in [0.1, 0.15) is 5.56 Å². The lowest BCUT2D eigenvalue weighted by molar-refractivity contribution is 1.25. The molecule has 1 aromatic heterocycles. The first-order valence-electron chi connectivity index (χ1n) is 6.04. The van der Waals surface area contributed by atoms with E-state index in [1.807, 2.05) is 30.3 Å². The number of fused-ring (bicyclic) bond motifs is 1. The van der Waals surface area contributed by atoms with E-state index in [2.05, 4.69) is 29.0 Å². The van der Waals surface area contributed by atoms with E-state index < -0.39 is 0 Å². The zero-order valence-corrected chi connectivity index (χ0v) is 10.6. The van der Waals surface area contributed by atoms with E-state index in [4.69, 9.17) is 11.5 Å². The molecule has 0 saturated carbocycles. The maximum atomic E-state index is 6.01. The van der Waals surface area contributed by atoms with Gasteiger partial charge in [0.05, 0.1) is 10.9 Å². The molecule has 0 amide bonds. The van der Waals surface area contributed by atoms with Gasteiger partial charge in [-0.05, 0) is 29.7 Å². The Morgan fingerprint density at radius 2 is 1.58 bits per heavy atom. The van der Waals surface area contributed by atoms with Gasteiger partial charge in [0.1, 0.15) is 5.82 Å². The van der Waals surface area contributed by atoms with Crippen molar-refractivity contribution in [2.45, 2.75) is 6.92 Å². The van der Waals surface area contributed by atoms with Gasteiger partial charge in [-0.1, -0.05) is 36.4 Å². The van der Waals surface area contributed by atoms with Crippen LogP contribution >= 0.6 is 0 Å². The van der Waals surface area contributed by atoms with Crippen molar-refractivity contribution in [3.05, 3.63) is 48.0 Å². The minimum atomic E-state index is 0.201. The molecule has 0 radical (unpaired) electrons. The number of aromatic nitrogens is 2. The highest BCUT2D eigenvalue weighted by Crippen LogP contribution is 2.32. The molecule has 2 aromatic carbocycles. The van der Waals surface area contributed by atoms with Gasteiger partial charge in [0.2, 0.25) is 5.95 Å². The Morgan fingerprint density at radius 3 is 2.37 bits per heavy atom. The maximum absolute atomic E-state index is 6.01. The van der Waals surface area contributed by atoms with Crippen molar-refractivity contribution in [1.82, 2.24) is 9.97 Å². The molecule has 0 aliphatic carbocycles. The first kappa shape index (κ1) is 11.5. The average molecular weight is 250 g/mol. The summed E-state index contributed by atoms with van der Waals surface area (Å²) >= 11 is 0. The van der Waals surface area contributed by atoms with Crippen LogP contribution in [0.25, 0.3) is 22.0 Å². The predicted molar refractivity (Wildman–Crippen MR) is 78.5 cm³/mol. The second-order valence-corrected chi connectivity index (χ2v) is 4.48. The van der Waals surface area contributed by atoms with E-state index in [1.165, 1.54) is 5.56 Å². The summed E-state index contributed by atoms with van der Waals surface area (Å²) in [5.74, 6) is 0.619. The van der Waals surface area contributed by atoms with E-state index in [1.54, 1.807) is 0 Å². The van der Waals surface area contributed by atoms with Gasteiger partial charge < -0.3 is 11.5 Å². The topological polar surface area (TPSA) is 77.8 Å². The normalized spacial score (nSPS) is 10.8. The number of hydrogen-bond donors (Lipinski definition) is 2. The first-order valence-corrected chi connectivity index (χ1v) is 6.04. The number of nitrogens with zero attached hydrogens (tertiary/aromatic N) is 2. The van der Waals surface area contributed by atoms with E-state index in [9.17, 15) is 0 Å². The van der Waals surface area contributed by atoms with Crippen LogP contribution in [0, 0.1) is 6.92 Å². The Labute approximate surface area is 111 Å². The van der Waals surface area contributed by atoms with Crippen LogP contribution < -0.4 is 11.5 Å². The van der Waals surface area contributed by atoms with Crippen molar-refractivity contribution in [2.24, 2.45) is 0 Å². The van der Waals surface area contributed by atoms with E-state index >= 15 is 0 Å². The van der Waals surface area contributed by atoms with Crippen LogP contribution in [0.5, 0.6) is 0 Å². The molecule has 0 saturated heterocycles. The average Bonchev–Trinajstić information content (AvgIpc) is 2.38. The third-order valence-corrected chi connectivity index (χ3v) is 3.20. The Bertz CT molecular complexity index is 765. The van der Waals surface area contributed by atoms with Gasteiger partial charge in [0.25, 0.3) is 0 Å². The lowest BCUT2D eigenvalue weighted by Crippen LogP contribution is -2.01.